The first-order chi connectivity index (χ1) is 25.2. The number of rotatable bonds is 15. The van der Waals surface area contributed by atoms with Crippen molar-refractivity contribution in [3.63, 3.8) is 0 Å². The Morgan fingerprint density at radius 1 is 0.808 bits per heavy atom. The molecule has 2 aromatic carbocycles. The molecule has 52 heavy (non-hydrogen) atoms. The van der Waals surface area contributed by atoms with Crippen molar-refractivity contribution < 1.29 is 38.7 Å². The monoisotopic (exact) mass is 730 g/mol. The van der Waals surface area contributed by atoms with E-state index < -0.39 is 37.2 Å². The van der Waals surface area contributed by atoms with Crippen molar-refractivity contribution in [3.8, 4) is 34.1 Å². The number of methoxy groups -OCH3 is 4. The Labute approximate surface area is 307 Å². The molecule has 0 spiro atoms. The van der Waals surface area contributed by atoms with Crippen LogP contribution in [0, 0.1) is 6.92 Å². The maximum Gasteiger partial charge on any atom is 0.325 e. The second-order valence-corrected chi connectivity index (χ2v) is 12.5. The molecule has 0 bridgehead atoms. The van der Waals surface area contributed by atoms with Crippen LogP contribution in [0.25, 0.3) is 34.0 Å². The van der Waals surface area contributed by atoms with E-state index in [1.165, 1.54) is 26.9 Å². The smallest absolute Gasteiger partial charge is 0.325 e. The topological polar surface area (TPSA) is 161 Å². The van der Waals surface area contributed by atoms with E-state index >= 15 is 0 Å². The minimum absolute atomic E-state index is 0.230. The number of hydrogen-bond donors (Lipinski definition) is 4. The molecule has 0 radical (unpaired) electrons. The third-order valence-electron chi connectivity index (χ3n) is 9.11. The molecular weight excluding hydrogens is 688 g/mol. The van der Waals surface area contributed by atoms with E-state index in [2.05, 4.69) is 28.8 Å². The van der Waals surface area contributed by atoms with Gasteiger partial charge in [-0.05, 0) is 65.8 Å². The highest BCUT2D eigenvalue weighted by molar-refractivity contribution is 6.36. The Bertz CT molecular complexity index is 1970. The molecule has 1 aliphatic rings. The number of nitrogens with zero attached hydrogens (tertiary/aromatic N) is 2. The molecule has 2 aromatic heterocycles. The van der Waals surface area contributed by atoms with Gasteiger partial charge in [0.15, 0.2) is 0 Å². The zero-order chi connectivity index (χ0) is 37.4. The number of aromatic nitrogens is 2. The first kappa shape index (κ1) is 38.4. The van der Waals surface area contributed by atoms with Crippen LogP contribution in [0.3, 0.4) is 0 Å². The number of aliphatic hydroxyl groups is 2. The molecule has 1 aliphatic carbocycles. The Morgan fingerprint density at radius 3 is 2.06 bits per heavy atom. The minimum Gasteiger partial charge on any atom is -0.481 e. The van der Waals surface area contributed by atoms with Crippen molar-refractivity contribution in [1.29, 1.82) is 0 Å². The van der Waals surface area contributed by atoms with Crippen LogP contribution in [0.4, 0.5) is 0 Å². The van der Waals surface area contributed by atoms with Crippen LogP contribution in [0.2, 0.25) is 5.02 Å². The van der Waals surface area contributed by atoms with Crippen LogP contribution in [-0.4, -0.2) is 85.9 Å². The van der Waals surface area contributed by atoms with Crippen LogP contribution in [0.15, 0.2) is 54.6 Å². The number of halogens is 1. The highest BCUT2D eigenvalue weighted by Crippen LogP contribution is 2.43. The zero-order valence-corrected chi connectivity index (χ0v) is 30.5. The number of pyridine rings is 2. The van der Waals surface area contributed by atoms with Gasteiger partial charge in [-0.15, -0.1) is 0 Å². The minimum atomic E-state index is -0.878. The lowest BCUT2D eigenvalue weighted by Gasteiger charge is -2.18. The van der Waals surface area contributed by atoms with Gasteiger partial charge in [-0.25, -0.2) is 9.97 Å². The van der Waals surface area contributed by atoms with Crippen molar-refractivity contribution in [2.24, 2.45) is 0 Å². The fourth-order valence-corrected chi connectivity index (χ4v) is 6.65. The number of nitrogens with one attached hydrogen (secondary N) is 2. The standard InChI is InChI=1S/C39H43ClN4O8/c1-22-16-32(44-37(50-3)31(22)19-42-34(21-46)39(48)52-5)30-11-7-10-29(35(30)40)27-9-6-8-26-23(13-15-28(26)27)17-25-14-12-24(36(43-25)49-2)18-41-33(20-45)38(47)51-4/h6-12,14,16-17,33-34,41-42,45-46H,13,15,18-21H2,1-5H3/b23-17+. The van der Waals surface area contributed by atoms with E-state index in [9.17, 15) is 19.8 Å². The second kappa shape index (κ2) is 17.6. The summed E-state index contributed by atoms with van der Waals surface area (Å²) in [5.41, 5.74) is 9.83. The molecule has 0 amide bonds. The number of esters is 2. The van der Waals surface area contributed by atoms with Gasteiger partial charge in [0, 0.05) is 35.3 Å². The van der Waals surface area contributed by atoms with E-state index in [0.717, 1.165) is 63.1 Å². The highest BCUT2D eigenvalue weighted by atomic mass is 35.5. The molecule has 12 nitrogen and oxygen atoms in total. The summed E-state index contributed by atoms with van der Waals surface area (Å²) < 4.78 is 20.7. The van der Waals surface area contributed by atoms with Crippen molar-refractivity contribution in [3.05, 3.63) is 93.1 Å². The number of carbonyl (C=O) groups excluding carboxylic acids is 2. The van der Waals surface area contributed by atoms with Crippen molar-refractivity contribution in [1.82, 2.24) is 20.6 Å². The van der Waals surface area contributed by atoms with Gasteiger partial charge in [0.05, 0.1) is 58.1 Å². The maximum atomic E-state index is 12.0. The second-order valence-electron chi connectivity index (χ2n) is 12.2. The van der Waals surface area contributed by atoms with Gasteiger partial charge in [-0.3, -0.25) is 20.2 Å². The summed E-state index contributed by atoms with van der Waals surface area (Å²) in [6, 6.07) is 16.1. The van der Waals surface area contributed by atoms with Gasteiger partial charge in [0.2, 0.25) is 11.8 Å². The van der Waals surface area contributed by atoms with E-state index in [0.29, 0.717) is 22.5 Å². The molecule has 4 aromatic rings. The Hall–Kier alpha value is -4.85. The van der Waals surface area contributed by atoms with Gasteiger partial charge < -0.3 is 29.2 Å². The van der Waals surface area contributed by atoms with Gasteiger partial charge in [-0.1, -0.05) is 54.1 Å². The van der Waals surface area contributed by atoms with Gasteiger partial charge in [-0.2, -0.15) is 0 Å². The maximum absolute atomic E-state index is 12.0. The molecular formula is C39H43ClN4O8. The molecule has 0 aliphatic heterocycles. The molecule has 2 unspecified atom stereocenters. The van der Waals surface area contributed by atoms with Gasteiger partial charge in [0.25, 0.3) is 0 Å². The number of aryl methyl sites for hydroxylation is 1. The fraction of sp³-hybridized carbons (Fsp3) is 0.333. The van der Waals surface area contributed by atoms with Crippen LogP contribution in [0.5, 0.6) is 11.8 Å². The van der Waals surface area contributed by atoms with Crippen molar-refractivity contribution in [2.45, 2.75) is 44.9 Å². The zero-order valence-electron chi connectivity index (χ0n) is 29.8. The van der Waals surface area contributed by atoms with E-state index in [1.807, 2.05) is 49.4 Å². The summed E-state index contributed by atoms with van der Waals surface area (Å²) in [6.07, 6.45) is 3.69. The average Bonchev–Trinajstić information content (AvgIpc) is 3.58. The molecule has 4 N–H and O–H groups in total. The SMILES string of the molecule is COC(=O)C(CO)NCc1ccc(/C=C2\CCc3c2cccc3-c2cccc(-c3cc(C)c(CNC(CO)C(=O)OC)c(OC)n3)c2Cl)nc1OC. The largest absolute Gasteiger partial charge is 0.481 e. The molecule has 0 fully saturated rings. The number of carbonyl (C=O) groups is 2. The van der Waals surface area contributed by atoms with Crippen LogP contribution in [0.1, 0.15) is 39.9 Å². The number of aliphatic hydroxyl groups excluding tert-OH is 2. The van der Waals surface area contributed by atoms with Gasteiger partial charge in [0.1, 0.15) is 12.1 Å². The normalized spacial score (nSPS) is 14.1. The molecule has 0 saturated heterocycles. The summed E-state index contributed by atoms with van der Waals surface area (Å²) in [7, 11) is 5.62. The Balaban J connectivity index is 1.42. The first-order valence-electron chi connectivity index (χ1n) is 16.7. The van der Waals surface area contributed by atoms with Gasteiger partial charge >= 0.3 is 11.9 Å². The number of benzene rings is 2. The van der Waals surface area contributed by atoms with Crippen LogP contribution in [-0.2, 0) is 38.6 Å². The summed E-state index contributed by atoms with van der Waals surface area (Å²) in [4.78, 5) is 33.3. The van der Waals surface area contributed by atoms with E-state index in [1.54, 1.807) is 7.11 Å². The predicted octanol–water partition coefficient (Wildman–Crippen LogP) is 4.52. The number of hydrogen-bond acceptors (Lipinski definition) is 12. The van der Waals surface area contributed by atoms with Crippen LogP contribution >= 0.6 is 11.6 Å². The lowest BCUT2D eigenvalue weighted by atomic mass is 9.94. The highest BCUT2D eigenvalue weighted by Gasteiger charge is 2.24. The predicted molar refractivity (Wildman–Crippen MR) is 198 cm³/mol. The lowest BCUT2D eigenvalue weighted by Crippen LogP contribution is -2.40. The first-order valence-corrected chi connectivity index (χ1v) is 17.1. The van der Waals surface area contributed by atoms with Crippen molar-refractivity contribution >= 4 is 35.2 Å². The molecule has 2 atom stereocenters. The van der Waals surface area contributed by atoms with Crippen LogP contribution < -0.4 is 20.1 Å². The molecule has 0 saturated carbocycles. The summed E-state index contributed by atoms with van der Waals surface area (Å²) in [6.45, 7) is 1.61. The molecule has 5 rings (SSSR count). The Morgan fingerprint density at radius 2 is 1.42 bits per heavy atom. The number of fused-ring (bicyclic) bond motifs is 1. The molecule has 2 heterocycles. The number of allylic oxidation sites excluding steroid dienone is 1. The Kier molecular flexibility index (Phi) is 13.0. The summed E-state index contributed by atoms with van der Waals surface area (Å²) in [5, 5.41) is 25.7. The van der Waals surface area contributed by atoms with E-state index in [-0.39, 0.29) is 13.1 Å². The fourth-order valence-electron chi connectivity index (χ4n) is 6.32. The molecule has 274 valence electrons. The third kappa shape index (κ3) is 8.27. The number of ether oxygens (including phenoxy) is 4. The summed E-state index contributed by atoms with van der Waals surface area (Å²) >= 11 is 7.18. The van der Waals surface area contributed by atoms with Crippen molar-refractivity contribution in [2.75, 3.05) is 41.7 Å². The quantitative estimate of drug-likeness (QED) is 0.127. The average molecular weight is 731 g/mol. The van der Waals surface area contributed by atoms with E-state index in [4.69, 9.17) is 40.5 Å². The summed E-state index contributed by atoms with van der Waals surface area (Å²) in [5.74, 6) is -0.315. The lowest BCUT2D eigenvalue weighted by molar-refractivity contribution is -0.145. The third-order valence-corrected chi connectivity index (χ3v) is 9.52. The molecule has 13 heteroatoms.